The lowest BCUT2D eigenvalue weighted by Gasteiger charge is -2.11. The van der Waals surface area contributed by atoms with E-state index in [1.54, 1.807) is 30.5 Å². The van der Waals surface area contributed by atoms with Crippen LogP contribution < -0.4 is 5.43 Å². The van der Waals surface area contributed by atoms with Gasteiger partial charge in [0.2, 0.25) is 0 Å². The molecule has 0 saturated carbocycles. The average Bonchev–Trinajstić information content (AvgIpc) is 2.45. The summed E-state index contributed by atoms with van der Waals surface area (Å²) in [6.07, 6.45) is 1.60. The van der Waals surface area contributed by atoms with E-state index in [4.69, 9.17) is 0 Å². The summed E-state index contributed by atoms with van der Waals surface area (Å²) in [6, 6.07) is 17.6. The maximum absolute atomic E-state index is 11.2. The quantitative estimate of drug-likeness (QED) is 0.636. The van der Waals surface area contributed by atoms with Gasteiger partial charge in [-0.2, -0.15) is 5.10 Å². The van der Waals surface area contributed by atoms with Crippen LogP contribution in [0.1, 0.15) is 17.2 Å². The van der Waals surface area contributed by atoms with E-state index in [0.717, 1.165) is 5.56 Å². The minimum absolute atomic E-state index is 0.667. The molecule has 19 heavy (non-hydrogen) atoms. The zero-order valence-corrected chi connectivity index (χ0v) is 10.2. The Bertz CT molecular complexity index is 553. The van der Waals surface area contributed by atoms with Crippen LogP contribution in [0.25, 0.3) is 0 Å². The third-order valence-corrected chi connectivity index (χ3v) is 2.60. The molecule has 2 N–H and O–H groups in total. The van der Waals surface area contributed by atoms with Gasteiger partial charge >= 0.3 is 5.97 Å². The molecule has 0 unspecified atom stereocenters. The lowest BCUT2D eigenvalue weighted by Crippen LogP contribution is -2.24. The number of nitrogens with one attached hydrogen (secondary N) is 1. The number of carboxylic acid groups (broad SMARTS) is 1. The van der Waals surface area contributed by atoms with Crippen molar-refractivity contribution >= 4 is 12.2 Å². The van der Waals surface area contributed by atoms with Crippen LogP contribution in [0.5, 0.6) is 0 Å². The van der Waals surface area contributed by atoms with Crippen LogP contribution in [-0.2, 0) is 4.79 Å². The van der Waals surface area contributed by atoms with E-state index in [2.05, 4.69) is 10.5 Å². The van der Waals surface area contributed by atoms with E-state index in [1.165, 1.54) is 0 Å². The van der Waals surface area contributed by atoms with Crippen molar-refractivity contribution in [2.75, 3.05) is 0 Å². The zero-order valence-electron chi connectivity index (χ0n) is 10.2. The fraction of sp³-hybridized carbons (Fsp3) is 0.0667. The van der Waals surface area contributed by atoms with Crippen LogP contribution in [0.15, 0.2) is 65.8 Å². The Kier molecular flexibility index (Phi) is 4.29. The highest BCUT2D eigenvalue weighted by Crippen LogP contribution is 2.12. The molecule has 0 amide bonds. The van der Waals surface area contributed by atoms with Crippen molar-refractivity contribution in [3.05, 3.63) is 71.8 Å². The van der Waals surface area contributed by atoms with Gasteiger partial charge < -0.3 is 5.11 Å². The monoisotopic (exact) mass is 254 g/mol. The van der Waals surface area contributed by atoms with Gasteiger partial charge in [-0.05, 0) is 11.1 Å². The van der Waals surface area contributed by atoms with Crippen LogP contribution in [0.3, 0.4) is 0 Å². The molecule has 2 aromatic rings. The van der Waals surface area contributed by atoms with E-state index >= 15 is 0 Å². The molecular weight excluding hydrogens is 240 g/mol. The van der Waals surface area contributed by atoms with Gasteiger partial charge in [-0.15, -0.1) is 0 Å². The molecule has 0 aliphatic rings. The van der Waals surface area contributed by atoms with Crippen LogP contribution in [0, 0.1) is 0 Å². The topological polar surface area (TPSA) is 61.7 Å². The molecule has 0 radical (unpaired) electrons. The van der Waals surface area contributed by atoms with Crippen molar-refractivity contribution in [1.29, 1.82) is 0 Å². The number of hydrogen-bond acceptors (Lipinski definition) is 3. The van der Waals surface area contributed by atoms with E-state index < -0.39 is 12.0 Å². The first-order valence-corrected chi connectivity index (χ1v) is 5.89. The molecule has 1 atom stereocenters. The van der Waals surface area contributed by atoms with Crippen molar-refractivity contribution in [2.24, 2.45) is 5.10 Å². The Morgan fingerprint density at radius 1 is 1.05 bits per heavy atom. The first-order valence-electron chi connectivity index (χ1n) is 5.89. The molecule has 0 heterocycles. The number of hydrazone groups is 1. The van der Waals surface area contributed by atoms with Gasteiger partial charge in [0.1, 0.15) is 0 Å². The van der Waals surface area contributed by atoms with Crippen LogP contribution >= 0.6 is 0 Å². The average molecular weight is 254 g/mol. The summed E-state index contributed by atoms with van der Waals surface area (Å²) in [5.74, 6) is -0.962. The molecule has 0 aliphatic heterocycles. The highest BCUT2D eigenvalue weighted by Gasteiger charge is 2.17. The molecule has 2 rings (SSSR count). The summed E-state index contributed by atoms with van der Waals surface area (Å²) in [5.41, 5.74) is 4.23. The van der Waals surface area contributed by atoms with E-state index in [1.807, 2.05) is 36.4 Å². The van der Waals surface area contributed by atoms with Crippen LogP contribution in [-0.4, -0.2) is 17.3 Å². The van der Waals surface area contributed by atoms with Crippen molar-refractivity contribution in [3.8, 4) is 0 Å². The summed E-state index contributed by atoms with van der Waals surface area (Å²) in [4.78, 5) is 11.2. The Balaban J connectivity index is 2.07. The number of hydrogen-bond donors (Lipinski definition) is 2. The van der Waals surface area contributed by atoms with E-state index in [0.29, 0.717) is 5.56 Å². The summed E-state index contributed by atoms with van der Waals surface area (Å²) in [6.45, 7) is 0. The number of carboxylic acids is 1. The summed E-state index contributed by atoms with van der Waals surface area (Å²) < 4.78 is 0. The number of nitrogens with zero attached hydrogens (tertiary/aromatic N) is 1. The largest absolute Gasteiger partial charge is 0.479 e. The normalized spacial score (nSPS) is 12.2. The van der Waals surface area contributed by atoms with Gasteiger partial charge in [0.05, 0.1) is 6.21 Å². The predicted molar refractivity (Wildman–Crippen MR) is 74.0 cm³/mol. The van der Waals surface area contributed by atoms with Crippen molar-refractivity contribution in [1.82, 2.24) is 5.43 Å². The SMILES string of the molecule is O=C(O)[C@H](N/N=C/c1ccccc1)c1ccccc1. The van der Waals surface area contributed by atoms with Gasteiger partial charge in [-0.25, -0.2) is 4.79 Å². The molecule has 0 aromatic heterocycles. The van der Waals surface area contributed by atoms with Crippen molar-refractivity contribution in [2.45, 2.75) is 6.04 Å². The third kappa shape index (κ3) is 3.67. The molecule has 0 bridgehead atoms. The Labute approximate surface area is 111 Å². The molecular formula is C15H14N2O2. The lowest BCUT2D eigenvalue weighted by atomic mass is 10.1. The highest BCUT2D eigenvalue weighted by atomic mass is 16.4. The minimum Gasteiger partial charge on any atom is -0.479 e. The first kappa shape index (κ1) is 12.8. The van der Waals surface area contributed by atoms with Crippen molar-refractivity contribution in [3.63, 3.8) is 0 Å². The molecule has 4 heteroatoms. The molecule has 0 saturated heterocycles. The lowest BCUT2D eigenvalue weighted by molar-refractivity contribution is -0.139. The molecule has 0 spiro atoms. The number of rotatable bonds is 5. The standard InChI is InChI=1S/C15H14N2O2/c18-15(19)14(13-9-5-2-6-10-13)17-16-11-12-7-3-1-4-8-12/h1-11,14,17H,(H,18,19)/b16-11+/t14-/m1/s1. The molecule has 4 nitrogen and oxygen atoms in total. The number of benzene rings is 2. The molecule has 0 fully saturated rings. The summed E-state index contributed by atoms with van der Waals surface area (Å²) in [7, 11) is 0. The van der Waals surface area contributed by atoms with Gasteiger partial charge in [0, 0.05) is 0 Å². The maximum atomic E-state index is 11.2. The Morgan fingerprint density at radius 3 is 2.21 bits per heavy atom. The Morgan fingerprint density at radius 2 is 1.63 bits per heavy atom. The fourth-order valence-electron chi connectivity index (χ4n) is 1.64. The second kappa shape index (κ2) is 6.35. The minimum atomic E-state index is -0.962. The number of carbonyl (C=O) groups is 1. The van der Waals surface area contributed by atoms with Crippen LogP contribution in [0.4, 0.5) is 0 Å². The smallest absolute Gasteiger partial charge is 0.332 e. The van der Waals surface area contributed by atoms with E-state index in [9.17, 15) is 9.90 Å². The summed E-state index contributed by atoms with van der Waals surface area (Å²) in [5, 5.41) is 13.2. The van der Waals surface area contributed by atoms with Gasteiger partial charge in [0.25, 0.3) is 0 Å². The highest BCUT2D eigenvalue weighted by molar-refractivity contribution is 5.80. The van der Waals surface area contributed by atoms with Gasteiger partial charge in [-0.1, -0.05) is 60.7 Å². The summed E-state index contributed by atoms with van der Waals surface area (Å²) >= 11 is 0. The number of aliphatic carboxylic acids is 1. The maximum Gasteiger partial charge on any atom is 0.332 e. The Hall–Kier alpha value is -2.62. The van der Waals surface area contributed by atoms with Gasteiger partial charge in [-0.3, -0.25) is 5.43 Å². The zero-order chi connectivity index (χ0) is 13.5. The molecule has 2 aromatic carbocycles. The predicted octanol–water partition coefficient (Wildman–Crippen LogP) is 2.44. The van der Waals surface area contributed by atoms with Gasteiger partial charge in [0.15, 0.2) is 6.04 Å². The second-order valence-electron chi connectivity index (χ2n) is 3.98. The van der Waals surface area contributed by atoms with Crippen LogP contribution in [0.2, 0.25) is 0 Å². The fourth-order valence-corrected chi connectivity index (χ4v) is 1.64. The third-order valence-electron chi connectivity index (χ3n) is 2.60. The molecule has 0 aliphatic carbocycles. The first-order chi connectivity index (χ1) is 9.27. The van der Waals surface area contributed by atoms with E-state index in [-0.39, 0.29) is 0 Å². The van der Waals surface area contributed by atoms with Crippen molar-refractivity contribution < 1.29 is 9.90 Å². The molecule has 96 valence electrons. The second-order valence-corrected chi connectivity index (χ2v) is 3.98.